The van der Waals surface area contributed by atoms with Crippen LogP contribution in [-0.4, -0.2) is 21.9 Å². The van der Waals surface area contributed by atoms with Crippen LogP contribution in [0, 0.1) is 5.82 Å². The lowest BCUT2D eigenvalue weighted by atomic mass is 10.3. The van der Waals surface area contributed by atoms with Crippen molar-refractivity contribution in [3.05, 3.63) is 24.0 Å². The first kappa shape index (κ1) is 12.0. The van der Waals surface area contributed by atoms with Gasteiger partial charge in [-0.25, -0.2) is 4.39 Å². The molecule has 0 aliphatic heterocycles. The Balaban J connectivity index is 1.98. The number of anilines is 1. The minimum atomic E-state index is -1.53. The van der Waals surface area contributed by atoms with Gasteiger partial charge in [-0.1, -0.05) is 0 Å². The normalized spacial score (nSPS) is 16.5. The Morgan fingerprint density at radius 2 is 2.24 bits per heavy atom. The van der Waals surface area contributed by atoms with Crippen LogP contribution in [0.5, 0.6) is 0 Å². The number of carbonyl (C=O) groups is 1. The third kappa shape index (κ3) is 3.26. The summed E-state index contributed by atoms with van der Waals surface area (Å²) in [5.74, 6) is -1.01. The van der Waals surface area contributed by atoms with E-state index in [1.807, 2.05) is 0 Å². The van der Waals surface area contributed by atoms with Crippen LogP contribution in [0.25, 0.3) is 0 Å². The van der Waals surface area contributed by atoms with E-state index in [2.05, 4.69) is 5.32 Å². The maximum Gasteiger partial charge on any atom is 0.233 e. The first-order valence-electron chi connectivity index (χ1n) is 5.29. The van der Waals surface area contributed by atoms with E-state index in [1.165, 1.54) is 12.1 Å². The molecule has 1 atom stereocenters. The zero-order valence-electron chi connectivity index (χ0n) is 9.11. The SMILES string of the molecule is Nc1ccc(S(=O)CC(=O)NC2CC2)cc1F. The van der Waals surface area contributed by atoms with Crippen LogP contribution in [0.4, 0.5) is 10.1 Å². The molecular weight excluding hydrogens is 243 g/mol. The number of carbonyl (C=O) groups excluding carboxylic acids is 1. The fourth-order valence-corrected chi connectivity index (χ4v) is 2.29. The molecule has 1 amide bonds. The first-order chi connectivity index (χ1) is 8.06. The average molecular weight is 256 g/mol. The number of amides is 1. The molecule has 1 aromatic rings. The van der Waals surface area contributed by atoms with Gasteiger partial charge in [0.05, 0.1) is 16.5 Å². The van der Waals surface area contributed by atoms with Crippen molar-refractivity contribution in [2.75, 3.05) is 11.5 Å². The molecule has 6 heteroatoms. The number of nitrogens with two attached hydrogens (primary N) is 1. The fraction of sp³-hybridized carbons (Fsp3) is 0.364. The molecule has 0 radical (unpaired) electrons. The molecular formula is C11H13FN2O2S. The molecule has 0 heterocycles. The molecule has 1 aliphatic carbocycles. The van der Waals surface area contributed by atoms with E-state index in [9.17, 15) is 13.4 Å². The minimum absolute atomic E-state index is 0.00758. The highest BCUT2D eigenvalue weighted by Gasteiger charge is 2.24. The Morgan fingerprint density at radius 1 is 1.53 bits per heavy atom. The molecule has 1 fully saturated rings. The lowest BCUT2D eigenvalue weighted by molar-refractivity contribution is -0.118. The van der Waals surface area contributed by atoms with Gasteiger partial charge in [-0.2, -0.15) is 0 Å². The van der Waals surface area contributed by atoms with Gasteiger partial charge in [0.25, 0.3) is 0 Å². The van der Waals surface area contributed by atoms with Gasteiger partial charge < -0.3 is 11.1 Å². The van der Waals surface area contributed by atoms with Gasteiger partial charge in [0.2, 0.25) is 5.91 Å². The number of rotatable bonds is 4. The summed E-state index contributed by atoms with van der Waals surface area (Å²) in [6, 6.07) is 4.17. The molecule has 1 saturated carbocycles. The van der Waals surface area contributed by atoms with Crippen LogP contribution < -0.4 is 11.1 Å². The zero-order chi connectivity index (χ0) is 12.4. The van der Waals surface area contributed by atoms with E-state index >= 15 is 0 Å². The second kappa shape index (κ2) is 4.83. The molecule has 0 bridgehead atoms. The van der Waals surface area contributed by atoms with Crippen LogP contribution in [0.15, 0.2) is 23.1 Å². The number of hydrogen-bond donors (Lipinski definition) is 2. The Hall–Kier alpha value is -1.43. The van der Waals surface area contributed by atoms with Crippen molar-refractivity contribution < 1.29 is 13.4 Å². The fourth-order valence-electron chi connectivity index (χ4n) is 1.35. The topological polar surface area (TPSA) is 72.2 Å². The van der Waals surface area contributed by atoms with Crippen LogP contribution in [0.2, 0.25) is 0 Å². The van der Waals surface area contributed by atoms with E-state index in [0.717, 1.165) is 18.9 Å². The highest BCUT2D eigenvalue weighted by Crippen LogP contribution is 2.19. The maximum absolute atomic E-state index is 13.1. The van der Waals surface area contributed by atoms with E-state index < -0.39 is 16.6 Å². The smallest absolute Gasteiger partial charge is 0.233 e. The lowest BCUT2D eigenvalue weighted by Crippen LogP contribution is -2.30. The number of hydrogen-bond acceptors (Lipinski definition) is 3. The summed E-state index contributed by atoms with van der Waals surface area (Å²) in [4.78, 5) is 11.7. The Morgan fingerprint density at radius 3 is 2.82 bits per heavy atom. The molecule has 0 spiro atoms. The maximum atomic E-state index is 13.1. The summed E-state index contributed by atoms with van der Waals surface area (Å²) < 4.78 is 24.9. The van der Waals surface area contributed by atoms with Crippen molar-refractivity contribution in [1.29, 1.82) is 0 Å². The molecule has 1 aromatic carbocycles. The molecule has 1 unspecified atom stereocenters. The van der Waals surface area contributed by atoms with Gasteiger partial charge in [-0.15, -0.1) is 0 Å². The molecule has 0 aromatic heterocycles. The standard InChI is InChI=1S/C11H13FN2O2S/c12-9-5-8(3-4-10(9)13)17(16)6-11(15)14-7-1-2-7/h3-5,7H,1-2,6,13H2,(H,14,15). The molecule has 3 N–H and O–H groups in total. The van der Waals surface area contributed by atoms with Gasteiger partial charge in [0.1, 0.15) is 11.6 Å². The summed E-state index contributed by atoms with van der Waals surface area (Å²) in [7, 11) is -1.53. The van der Waals surface area contributed by atoms with E-state index in [-0.39, 0.29) is 28.3 Å². The second-order valence-corrected chi connectivity index (χ2v) is 5.47. The third-order valence-corrected chi connectivity index (χ3v) is 3.74. The van der Waals surface area contributed by atoms with E-state index in [4.69, 9.17) is 5.73 Å². The van der Waals surface area contributed by atoms with Crippen LogP contribution in [0.3, 0.4) is 0 Å². The lowest BCUT2D eigenvalue weighted by Gasteiger charge is -2.04. The van der Waals surface area contributed by atoms with Crippen LogP contribution >= 0.6 is 0 Å². The van der Waals surface area contributed by atoms with Crippen LogP contribution in [-0.2, 0) is 15.6 Å². The summed E-state index contributed by atoms with van der Waals surface area (Å²) in [6.45, 7) is 0. The summed E-state index contributed by atoms with van der Waals surface area (Å²) in [5.41, 5.74) is 5.32. The minimum Gasteiger partial charge on any atom is -0.396 e. The first-order valence-corrected chi connectivity index (χ1v) is 6.61. The van der Waals surface area contributed by atoms with Crippen molar-refractivity contribution in [2.45, 2.75) is 23.8 Å². The molecule has 4 nitrogen and oxygen atoms in total. The molecule has 0 saturated heterocycles. The van der Waals surface area contributed by atoms with E-state index in [0.29, 0.717) is 0 Å². The van der Waals surface area contributed by atoms with Crippen molar-refractivity contribution in [3.63, 3.8) is 0 Å². The molecule has 1 aliphatic rings. The quantitative estimate of drug-likeness (QED) is 0.782. The molecule has 92 valence electrons. The monoisotopic (exact) mass is 256 g/mol. The highest BCUT2D eigenvalue weighted by molar-refractivity contribution is 7.85. The predicted octanol–water partition coefficient (Wildman–Crippen LogP) is 0.794. The highest BCUT2D eigenvalue weighted by atomic mass is 32.2. The summed E-state index contributed by atoms with van der Waals surface area (Å²) in [5, 5.41) is 2.73. The zero-order valence-corrected chi connectivity index (χ0v) is 9.93. The number of halogens is 1. The van der Waals surface area contributed by atoms with E-state index in [1.54, 1.807) is 0 Å². The predicted molar refractivity (Wildman–Crippen MR) is 63.3 cm³/mol. The van der Waals surface area contributed by atoms with Crippen molar-refractivity contribution in [2.24, 2.45) is 0 Å². The number of nitrogens with one attached hydrogen (secondary N) is 1. The Kier molecular flexibility index (Phi) is 3.42. The third-order valence-electron chi connectivity index (χ3n) is 2.44. The summed E-state index contributed by atoms with van der Waals surface area (Å²) in [6.07, 6.45) is 1.96. The van der Waals surface area contributed by atoms with Gasteiger partial charge in [0, 0.05) is 10.9 Å². The Labute approximate surface area is 101 Å². The second-order valence-electron chi connectivity index (χ2n) is 4.01. The van der Waals surface area contributed by atoms with Crippen molar-refractivity contribution >= 4 is 22.4 Å². The summed E-state index contributed by atoms with van der Waals surface area (Å²) >= 11 is 0. The van der Waals surface area contributed by atoms with Gasteiger partial charge in [-0.05, 0) is 31.0 Å². The number of nitrogen functional groups attached to an aromatic ring is 1. The van der Waals surface area contributed by atoms with Gasteiger partial charge in [-0.3, -0.25) is 9.00 Å². The molecule has 17 heavy (non-hydrogen) atoms. The van der Waals surface area contributed by atoms with Crippen molar-refractivity contribution in [3.8, 4) is 0 Å². The Bertz CT molecular complexity index is 475. The van der Waals surface area contributed by atoms with Crippen LogP contribution in [0.1, 0.15) is 12.8 Å². The average Bonchev–Trinajstić information content (AvgIpc) is 3.05. The van der Waals surface area contributed by atoms with Gasteiger partial charge in [0.15, 0.2) is 0 Å². The largest absolute Gasteiger partial charge is 0.396 e. The van der Waals surface area contributed by atoms with Crippen molar-refractivity contribution in [1.82, 2.24) is 5.32 Å². The van der Waals surface area contributed by atoms with Gasteiger partial charge >= 0.3 is 0 Å². The molecule has 2 rings (SSSR count). The number of benzene rings is 1.